The summed E-state index contributed by atoms with van der Waals surface area (Å²) < 4.78 is 5.81. The maximum absolute atomic E-state index is 11.0. The number of para-hydroxylation sites is 1. The van der Waals surface area contributed by atoms with Crippen LogP contribution in [0.3, 0.4) is 0 Å². The van der Waals surface area contributed by atoms with Crippen LogP contribution in [0.1, 0.15) is 24.5 Å². The lowest BCUT2D eigenvalue weighted by Crippen LogP contribution is -2.42. The molecule has 0 saturated carbocycles. The van der Waals surface area contributed by atoms with Gasteiger partial charge in [-0.2, -0.15) is 0 Å². The van der Waals surface area contributed by atoms with Gasteiger partial charge < -0.3 is 14.8 Å². The van der Waals surface area contributed by atoms with Gasteiger partial charge in [0.25, 0.3) is 0 Å². The van der Waals surface area contributed by atoms with Gasteiger partial charge in [-0.3, -0.25) is 4.79 Å². The molecule has 18 heavy (non-hydrogen) atoms. The lowest BCUT2D eigenvalue weighted by molar-refractivity contribution is -0.140. The second-order valence-electron chi connectivity index (χ2n) is 4.75. The van der Waals surface area contributed by atoms with Crippen LogP contribution in [0, 0.1) is 0 Å². The smallest absolute Gasteiger partial charge is 0.320 e. The number of carboxylic acids is 1. The topological polar surface area (TPSA) is 62.5 Å². The number of aliphatic carboxylic acids is 1. The minimum absolute atomic E-state index is 0.194. The summed E-state index contributed by atoms with van der Waals surface area (Å²) >= 11 is 0. The number of nitrogens with one attached hydrogen (secondary N) is 1. The normalized spacial score (nSPS) is 24.2. The molecule has 4 nitrogen and oxygen atoms in total. The number of fused-ring (bicyclic) bond motifs is 1. The maximum atomic E-state index is 11.0. The van der Waals surface area contributed by atoms with E-state index in [0.717, 1.165) is 29.7 Å². The Balaban J connectivity index is 1.87. The summed E-state index contributed by atoms with van der Waals surface area (Å²) in [5, 5.41) is 13.1. The first-order valence-corrected chi connectivity index (χ1v) is 6.19. The van der Waals surface area contributed by atoms with Gasteiger partial charge in [-0.25, -0.2) is 0 Å². The number of hydrogen-bond donors (Lipinski definition) is 2. The largest absolute Gasteiger partial charge is 0.480 e. The minimum atomic E-state index is -0.782. The second-order valence-corrected chi connectivity index (χ2v) is 4.75. The first kappa shape index (κ1) is 11.3. The van der Waals surface area contributed by atoms with E-state index in [1.54, 1.807) is 0 Å². The van der Waals surface area contributed by atoms with E-state index < -0.39 is 12.0 Å². The van der Waals surface area contributed by atoms with Crippen LogP contribution in [0.2, 0.25) is 0 Å². The summed E-state index contributed by atoms with van der Waals surface area (Å²) in [5.74, 6) is 0.319. The summed E-state index contributed by atoms with van der Waals surface area (Å²) in [6, 6.07) is 9.44. The van der Waals surface area contributed by atoms with Gasteiger partial charge in [-0.1, -0.05) is 18.2 Å². The summed E-state index contributed by atoms with van der Waals surface area (Å²) in [6.45, 7) is 0.721. The fourth-order valence-corrected chi connectivity index (χ4v) is 2.57. The van der Waals surface area contributed by atoms with Crippen LogP contribution in [0.4, 0.5) is 0 Å². The van der Waals surface area contributed by atoms with Crippen molar-refractivity contribution in [3.05, 3.63) is 36.1 Å². The molecule has 1 aromatic heterocycles. The predicted octanol–water partition coefficient (Wildman–Crippen LogP) is 2.35. The van der Waals surface area contributed by atoms with Crippen LogP contribution < -0.4 is 5.32 Å². The maximum Gasteiger partial charge on any atom is 0.320 e. The molecule has 0 amide bonds. The summed E-state index contributed by atoms with van der Waals surface area (Å²) in [4.78, 5) is 11.0. The third-order valence-electron chi connectivity index (χ3n) is 3.55. The average Bonchev–Trinajstić information content (AvgIpc) is 2.82. The highest BCUT2D eigenvalue weighted by molar-refractivity contribution is 5.78. The van der Waals surface area contributed by atoms with Crippen LogP contribution in [-0.2, 0) is 4.79 Å². The molecule has 2 atom stereocenters. The van der Waals surface area contributed by atoms with Crippen molar-refractivity contribution in [2.45, 2.75) is 24.8 Å². The van der Waals surface area contributed by atoms with Crippen molar-refractivity contribution in [3.8, 4) is 0 Å². The molecular formula is C14H15NO3. The molecule has 1 fully saturated rings. The molecule has 0 aliphatic carbocycles. The SMILES string of the molecule is O=C(O)C1CC(c2cc3ccccc3o2)CCN1. The van der Waals surface area contributed by atoms with E-state index in [1.165, 1.54) is 0 Å². The van der Waals surface area contributed by atoms with Crippen molar-refractivity contribution in [2.75, 3.05) is 6.54 Å². The van der Waals surface area contributed by atoms with Crippen molar-refractivity contribution >= 4 is 16.9 Å². The molecule has 1 aliphatic rings. The number of hydrogen-bond acceptors (Lipinski definition) is 3. The number of rotatable bonds is 2. The molecule has 94 valence electrons. The molecule has 4 heteroatoms. The van der Waals surface area contributed by atoms with Crippen molar-refractivity contribution < 1.29 is 14.3 Å². The molecule has 0 radical (unpaired) electrons. The number of carboxylic acid groups (broad SMARTS) is 1. The number of carbonyl (C=O) groups is 1. The fraction of sp³-hybridized carbons (Fsp3) is 0.357. The molecule has 1 aliphatic heterocycles. The molecule has 2 N–H and O–H groups in total. The Labute approximate surface area is 105 Å². The molecule has 3 rings (SSSR count). The first-order valence-electron chi connectivity index (χ1n) is 6.19. The lowest BCUT2D eigenvalue weighted by Gasteiger charge is -2.26. The summed E-state index contributed by atoms with van der Waals surface area (Å²) in [6.07, 6.45) is 1.51. The Morgan fingerprint density at radius 3 is 3.00 bits per heavy atom. The van der Waals surface area contributed by atoms with Crippen LogP contribution in [0.25, 0.3) is 11.0 Å². The standard InChI is InChI=1S/C14H15NO3/c16-14(17)11-7-10(5-6-15-11)13-8-9-3-1-2-4-12(9)18-13/h1-4,8,10-11,15H,5-7H2,(H,16,17). The van der Waals surface area contributed by atoms with Crippen molar-refractivity contribution in [3.63, 3.8) is 0 Å². The van der Waals surface area contributed by atoms with E-state index in [9.17, 15) is 4.79 Å². The molecule has 2 unspecified atom stereocenters. The van der Waals surface area contributed by atoms with Crippen LogP contribution in [0.5, 0.6) is 0 Å². The van der Waals surface area contributed by atoms with Gasteiger partial charge >= 0.3 is 5.97 Å². The second kappa shape index (κ2) is 4.46. The number of furan rings is 1. The zero-order valence-corrected chi connectivity index (χ0v) is 9.93. The third kappa shape index (κ3) is 1.99. The molecule has 2 aromatic rings. The number of piperidine rings is 1. The highest BCUT2D eigenvalue weighted by Crippen LogP contribution is 2.32. The lowest BCUT2D eigenvalue weighted by atomic mass is 9.90. The Morgan fingerprint density at radius 1 is 1.39 bits per heavy atom. The van der Waals surface area contributed by atoms with Gasteiger partial charge in [-0.15, -0.1) is 0 Å². The van der Waals surface area contributed by atoms with Gasteiger partial charge in [0.05, 0.1) is 0 Å². The Bertz CT molecular complexity index is 542. The molecule has 0 bridgehead atoms. The zero-order valence-electron chi connectivity index (χ0n) is 9.93. The highest BCUT2D eigenvalue weighted by atomic mass is 16.4. The Hall–Kier alpha value is -1.81. The molecule has 1 saturated heterocycles. The Kier molecular flexibility index (Phi) is 2.80. The Morgan fingerprint density at radius 2 is 2.22 bits per heavy atom. The van der Waals surface area contributed by atoms with Crippen molar-refractivity contribution in [1.29, 1.82) is 0 Å². The zero-order chi connectivity index (χ0) is 12.5. The van der Waals surface area contributed by atoms with Crippen LogP contribution >= 0.6 is 0 Å². The molecule has 1 aromatic carbocycles. The van der Waals surface area contributed by atoms with E-state index >= 15 is 0 Å². The van der Waals surface area contributed by atoms with Crippen molar-refractivity contribution in [1.82, 2.24) is 5.32 Å². The fourth-order valence-electron chi connectivity index (χ4n) is 2.57. The number of benzene rings is 1. The monoisotopic (exact) mass is 245 g/mol. The van der Waals surface area contributed by atoms with E-state index in [1.807, 2.05) is 30.3 Å². The van der Waals surface area contributed by atoms with Crippen LogP contribution in [0.15, 0.2) is 34.7 Å². The van der Waals surface area contributed by atoms with Gasteiger partial charge in [0.2, 0.25) is 0 Å². The first-order chi connectivity index (χ1) is 8.74. The summed E-state index contributed by atoms with van der Waals surface area (Å²) in [5.41, 5.74) is 0.873. The quantitative estimate of drug-likeness (QED) is 0.852. The van der Waals surface area contributed by atoms with E-state index in [-0.39, 0.29) is 5.92 Å². The van der Waals surface area contributed by atoms with Gasteiger partial charge in [0, 0.05) is 11.3 Å². The van der Waals surface area contributed by atoms with Gasteiger partial charge in [0.1, 0.15) is 17.4 Å². The molecular weight excluding hydrogens is 230 g/mol. The summed E-state index contributed by atoms with van der Waals surface area (Å²) in [7, 11) is 0. The molecule has 2 heterocycles. The third-order valence-corrected chi connectivity index (χ3v) is 3.55. The van der Waals surface area contributed by atoms with Crippen molar-refractivity contribution in [2.24, 2.45) is 0 Å². The van der Waals surface area contributed by atoms with E-state index in [4.69, 9.17) is 9.52 Å². The average molecular weight is 245 g/mol. The van der Waals surface area contributed by atoms with Gasteiger partial charge in [0.15, 0.2) is 0 Å². The van der Waals surface area contributed by atoms with E-state index in [2.05, 4.69) is 5.32 Å². The van der Waals surface area contributed by atoms with E-state index in [0.29, 0.717) is 6.42 Å². The predicted molar refractivity (Wildman–Crippen MR) is 67.6 cm³/mol. The highest BCUT2D eigenvalue weighted by Gasteiger charge is 2.29. The van der Waals surface area contributed by atoms with Crippen LogP contribution in [-0.4, -0.2) is 23.7 Å². The molecule has 0 spiro atoms. The van der Waals surface area contributed by atoms with Gasteiger partial charge in [-0.05, 0) is 31.5 Å². The minimum Gasteiger partial charge on any atom is -0.480 e.